The summed E-state index contributed by atoms with van der Waals surface area (Å²) in [6.07, 6.45) is 7.36. The first-order valence-electron chi connectivity index (χ1n) is 8.20. The number of rotatable bonds is 2. The van der Waals surface area contributed by atoms with Crippen molar-refractivity contribution in [1.82, 2.24) is 10.2 Å². The molecule has 0 aromatic rings. The predicted octanol–water partition coefficient (Wildman–Crippen LogP) is 2.28. The van der Waals surface area contributed by atoms with Gasteiger partial charge in [0.25, 0.3) is 0 Å². The van der Waals surface area contributed by atoms with Crippen molar-refractivity contribution in [2.75, 3.05) is 6.61 Å². The molecule has 1 saturated carbocycles. The van der Waals surface area contributed by atoms with Gasteiger partial charge in [-0.15, -0.1) is 0 Å². The fraction of sp³-hybridized carbons (Fsp3) is 0.938. The van der Waals surface area contributed by atoms with Crippen LogP contribution in [0.4, 0.5) is 0 Å². The fourth-order valence-corrected chi connectivity index (χ4v) is 4.25. The van der Waals surface area contributed by atoms with Crippen LogP contribution in [0.15, 0.2) is 0 Å². The number of carbonyl (C=O) groups is 1. The van der Waals surface area contributed by atoms with Crippen LogP contribution in [-0.4, -0.2) is 41.3 Å². The number of carbonyl (C=O) groups excluding carboxylic acids is 1. The van der Waals surface area contributed by atoms with E-state index in [0.717, 1.165) is 19.4 Å². The quantitative estimate of drug-likeness (QED) is 0.844. The number of ether oxygens (including phenoxy) is 1. The molecule has 0 spiro atoms. The van der Waals surface area contributed by atoms with Crippen molar-refractivity contribution in [2.24, 2.45) is 5.92 Å². The number of nitrogens with zero attached hydrogens (tertiary/aromatic N) is 1. The second kappa shape index (κ2) is 5.30. The molecule has 2 saturated heterocycles. The van der Waals surface area contributed by atoms with E-state index >= 15 is 0 Å². The molecule has 1 N–H and O–H groups in total. The molecule has 0 bridgehead atoms. The van der Waals surface area contributed by atoms with Gasteiger partial charge in [-0.1, -0.05) is 12.8 Å². The molecule has 2 aliphatic heterocycles. The highest BCUT2D eigenvalue weighted by molar-refractivity contribution is 5.84. The van der Waals surface area contributed by atoms with Crippen LogP contribution in [0.2, 0.25) is 0 Å². The van der Waals surface area contributed by atoms with E-state index in [-0.39, 0.29) is 17.8 Å². The van der Waals surface area contributed by atoms with Gasteiger partial charge in [0.2, 0.25) is 5.91 Å². The highest BCUT2D eigenvalue weighted by Gasteiger charge is 2.46. The van der Waals surface area contributed by atoms with Crippen LogP contribution in [-0.2, 0) is 9.53 Å². The second-order valence-corrected chi connectivity index (χ2v) is 7.38. The molecule has 3 fully saturated rings. The molecule has 1 aliphatic carbocycles. The third-order valence-corrected chi connectivity index (χ3v) is 5.26. The lowest BCUT2D eigenvalue weighted by atomic mass is 9.91. The van der Waals surface area contributed by atoms with E-state index in [1.807, 2.05) is 6.92 Å². The van der Waals surface area contributed by atoms with Gasteiger partial charge in [0.1, 0.15) is 0 Å². The minimum absolute atomic E-state index is 0.0217. The van der Waals surface area contributed by atoms with Gasteiger partial charge in [0.15, 0.2) is 0 Å². The Morgan fingerprint density at radius 1 is 1.25 bits per heavy atom. The molecule has 1 amide bonds. The monoisotopic (exact) mass is 280 g/mol. The number of hydrogen-bond donors (Lipinski definition) is 1. The number of hydrogen-bond acceptors (Lipinski definition) is 3. The zero-order chi connectivity index (χ0) is 14.3. The Bertz CT molecular complexity index is 377. The first-order valence-corrected chi connectivity index (χ1v) is 8.20. The summed E-state index contributed by atoms with van der Waals surface area (Å²) in [6.45, 7) is 7.06. The smallest absolute Gasteiger partial charge is 0.240 e. The van der Waals surface area contributed by atoms with Crippen LogP contribution >= 0.6 is 0 Å². The lowest BCUT2D eigenvalue weighted by Crippen LogP contribution is -2.52. The normalized spacial score (nSPS) is 38.6. The highest BCUT2D eigenvalue weighted by Crippen LogP contribution is 2.36. The molecule has 0 radical (unpaired) electrons. The molecule has 0 aromatic heterocycles. The number of amides is 1. The Labute approximate surface area is 122 Å². The van der Waals surface area contributed by atoms with E-state index in [0.29, 0.717) is 17.9 Å². The van der Waals surface area contributed by atoms with Crippen molar-refractivity contribution < 1.29 is 9.53 Å². The zero-order valence-electron chi connectivity index (χ0n) is 13.0. The molecule has 3 atom stereocenters. The Morgan fingerprint density at radius 2 is 1.95 bits per heavy atom. The molecule has 114 valence electrons. The van der Waals surface area contributed by atoms with Crippen molar-refractivity contribution in [2.45, 2.75) is 83.1 Å². The topological polar surface area (TPSA) is 41.6 Å². The fourth-order valence-electron chi connectivity index (χ4n) is 4.25. The van der Waals surface area contributed by atoms with E-state index in [1.54, 1.807) is 0 Å². The summed E-state index contributed by atoms with van der Waals surface area (Å²) >= 11 is 0. The Morgan fingerprint density at radius 3 is 2.60 bits per heavy atom. The highest BCUT2D eigenvalue weighted by atomic mass is 16.5. The third kappa shape index (κ3) is 2.60. The summed E-state index contributed by atoms with van der Waals surface area (Å²) in [5.74, 6) is 0.944. The van der Waals surface area contributed by atoms with Crippen molar-refractivity contribution in [3.63, 3.8) is 0 Å². The summed E-state index contributed by atoms with van der Waals surface area (Å²) in [6, 6.07) is 0.320. The molecule has 20 heavy (non-hydrogen) atoms. The molecule has 4 nitrogen and oxygen atoms in total. The summed E-state index contributed by atoms with van der Waals surface area (Å²) < 4.78 is 5.82. The van der Waals surface area contributed by atoms with Crippen LogP contribution in [0.1, 0.15) is 59.3 Å². The maximum atomic E-state index is 12.6. The Hall–Kier alpha value is -0.610. The minimum Gasteiger partial charge on any atom is -0.375 e. The Balaban J connectivity index is 1.78. The van der Waals surface area contributed by atoms with Crippen LogP contribution in [0.3, 0.4) is 0 Å². The molecule has 0 aromatic carbocycles. The van der Waals surface area contributed by atoms with Crippen molar-refractivity contribution in [3.8, 4) is 0 Å². The van der Waals surface area contributed by atoms with Crippen LogP contribution in [0, 0.1) is 5.92 Å². The van der Waals surface area contributed by atoms with Gasteiger partial charge in [-0.2, -0.15) is 0 Å². The van der Waals surface area contributed by atoms with Crippen molar-refractivity contribution >= 4 is 5.91 Å². The summed E-state index contributed by atoms with van der Waals surface area (Å²) in [4.78, 5) is 14.8. The lowest BCUT2D eigenvalue weighted by molar-refractivity contribution is -0.140. The zero-order valence-corrected chi connectivity index (χ0v) is 13.0. The van der Waals surface area contributed by atoms with Gasteiger partial charge in [-0.3, -0.25) is 10.1 Å². The molecule has 3 rings (SSSR count). The van der Waals surface area contributed by atoms with Crippen LogP contribution < -0.4 is 5.32 Å². The number of nitrogens with one attached hydrogen (secondary N) is 1. The van der Waals surface area contributed by atoms with E-state index < -0.39 is 0 Å². The largest absolute Gasteiger partial charge is 0.375 e. The standard InChI is InChI=1S/C16H28N2O2/c1-11-15(19)18(13-8-9-20-16(2,3)10-13)14(17-11)12-6-4-5-7-12/h11-14,17H,4-10H2,1-3H3. The minimum atomic E-state index is -0.102. The molecule has 3 aliphatic rings. The van der Waals surface area contributed by atoms with E-state index in [9.17, 15) is 4.79 Å². The molecular weight excluding hydrogens is 252 g/mol. The Kier molecular flexibility index (Phi) is 3.80. The van der Waals surface area contributed by atoms with Gasteiger partial charge in [0, 0.05) is 12.6 Å². The van der Waals surface area contributed by atoms with Gasteiger partial charge in [-0.05, 0) is 52.4 Å². The van der Waals surface area contributed by atoms with Gasteiger partial charge in [-0.25, -0.2) is 0 Å². The van der Waals surface area contributed by atoms with Crippen LogP contribution in [0.5, 0.6) is 0 Å². The average molecular weight is 280 g/mol. The molecule has 2 heterocycles. The van der Waals surface area contributed by atoms with Crippen LogP contribution in [0.25, 0.3) is 0 Å². The van der Waals surface area contributed by atoms with Gasteiger partial charge >= 0.3 is 0 Å². The maximum Gasteiger partial charge on any atom is 0.240 e. The maximum absolute atomic E-state index is 12.6. The van der Waals surface area contributed by atoms with E-state index in [1.165, 1.54) is 25.7 Å². The first-order chi connectivity index (χ1) is 9.48. The molecule has 4 heteroatoms. The second-order valence-electron chi connectivity index (χ2n) is 7.38. The SMILES string of the molecule is CC1NC(C2CCCC2)N(C2CCOC(C)(C)C2)C1=O. The van der Waals surface area contributed by atoms with Crippen molar-refractivity contribution in [3.05, 3.63) is 0 Å². The van der Waals surface area contributed by atoms with Gasteiger partial charge < -0.3 is 9.64 Å². The average Bonchev–Trinajstić information content (AvgIpc) is 2.98. The molecule has 3 unspecified atom stereocenters. The summed E-state index contributed by atoms with van der Waals surface area (Å²) in [5.41, 5.74) is -0.102. The van der Waals surface area contributed by atoms with Gasteiger partial charge in [0.05, 0.1) is 17.8 Å². The third-order valence-electron chi connectivity index (χ3n) is 5.26. The summed E-state index contributed by atoms with van der Waals surface area (Å²) in [7, 11) is 0. The predicted molar refractivity (Wildman–Crippen MR) is 78.2 cm³/mol. The van der Waals surface area contributed by atoms with E-state index in [2.05, 4.69) is 24.1 Å². The summed E-state index contributed by atoms with van der Waals surface area (Å²) in [5, 5.41) is 3.56. The van der Waals surface area contributed by atoms with E-state index in [4.69, 9.17) is 4.74 Å². The van der Waals surface area contributed by atoms with Crippen molar-refractivity contribution in [1.29, 1.82) is 0 Å². The molecular formula is C16H28N2O2. The first kappa shape index (κ1) is 14.3. The lowest BCUT2D eigenvalue weighted by Gasteiger charge is -2.43.